The highest BCUT2D eigenvalue weighted by atomic mass is 19.1. The largest absolute Gasteiger partial charge is 0.466 e. The molecular formula is C19H16FNO5. The van der Waals surface area contributed by atoms with E-state index in [1.54, 1.807) is 30.3 Å². The van der Waals surface area contributed by atoms with Crippen LogP contribution >= 0.6 is 0 Å². The zero-order valence-corrected chi connectivity index (χ0v) is 14.1. The summed E-state index contributed by atoms with van der Waals surface area (Å²) in [7, 11) is 2.28. The molecule has 6 nitrogen and oxygen atoms in total. The van der Waals surface area contributed by atoms with Crippen LogP contribution in [0.4, 0.5) is 10.1 Å². The maximum atomic E-state index is 13.7. The number of halogens is 1. The summed E-state index contributed by atoms with van der Waals surface area (Å²) in [5, 5.41) is 2.64. The number of carbonyl (C=O) groups is 3. The molecule has 0 amide bonds. The Morgan fingerprint density at radius 1 is 1.00 bits per heavy atom. The van der Waals surface area contributed by atoms with Gasteiger partial charge in [0, 0.05) is 11.1 Å². The molecule has 0 bridgehead atoms. The van der Waals surface area contributed by atoms with Crippen LogP contribution in [0.2, 0.25) is 0 Å². The maximum Gasteiger partial charge on any atom is 0.354 e. The van der Waals surface area contributed by atoms with Gasteiger partial charge in [-0.2, -0.15) is 0 Å². The van der Waals surface area contributed by atoms with E-state index in [2.05, 4.69) is 14.8 Å². The Hall–Kier alpha value is -3.48. The Kier molecular flexibility index (Phi) is 6.21. The molecule has 0 heterocycles. The molecule has 0 aliphatic carbocycles. The third-order valence-corrected chi connectivity index (χ3v) is 3.40. The Labute approximate surface area is 149 Å². The van der Waals surface area contributed by atoms with Gasteiger partial charge in [0.2, 0.25) is 0 Å². The van der Waals surface area contributed by atoms with E-state index in [0.717, 1.165) is 32.4 Å². The molecule has 7 heteroatoms. The van der Waals surface area contributed by atoms with Crippen molar-refractivity contribution in [2.45, 2.75) is 0 Å². The van der Waals surface area contributed by atoms with Gasteiger partial charge in [0.05, 0.1) is 26.0 Å². The highest BCUT2D eigenvalue weighted by Gasteiger charge is 2.19. The van der Waals surface area contributed by atoms with Gasteiger partial charge >= 0.3 is 11.9 Å². The van der Waals surface area contributed by atoms with Gasteiger partial charge in [-0.1, -0.05) is 30.3 Å². The monoisotopic (exact) mass is 357 g/mol. The second-order valence-corrected chi connectivity index (χ2v) is 5.08. The fourth-order valence-electron chi connectivity index (χ4n) is 2.14. The highest BCUT2D eigenvalue weighted by Crippen LogP contribution is 2.22. The Morgan fingerprint density at radius 3 is 2.31 bits per heavy atom. The quantitative estimate of drug-likeness (QED) is 0.486. The van der Waals surface area contributed by atoms with Crippen molar-refractivity contribution < 1.29 is 28.2 Å². The molecule has 0 atom stereocenters. The van der Waals surface area contributed by atoms with Crippen LogP contribution in [0.25, 0.3) is 0 Å². The molecule has 26 heavy (non-hydrogen) atoms. The van der Waals surface area contributed by atoms with Gasteiger partial charge < -0.3 is 14.8 Å². The average molecular weight is 357 g/mol. The minimum atomic E-state index is -0.849. The van der Waals surface area contributed by atoms with Crippen LogP contribution in [0, 0.1) is 5.82 Å². The van der Waals surface area contributed by atoms with Crippen molar-refractivity contribution in [2.75, 3.05) is 19.5 Å². The minimum absolute atomic E-state index is 0.00383. The van der Waals surface area contributed by atoms with Gasteiger partial charge in [-0.3, -0.25) is 4.79 Å². The van der Waals surface area contributed by atoms with Gasteiger partial charge in [-0.05, 0) is 18.2 Å². The maximum absolute atomic E-state index is 13.7. The summed E-state index contributed by atoms with van der Waals surface area (Å²) in [4.78, 5) is 36.0. The molecule has 0 radical (unpaired) electrons. The van der Waals surface area contributed by atoms with Crippen LogP contribution in [-0.4, -0.2) is 31.9 Å². The summed E-state index contributed by atoms with van der Waals surface area (Å²) < 4.78 is 22.8. The molecule has 2 aromatic carbocycles. The molecule has 0 aromatic heterocycles. The topological polar surface area (TPSA) is 81.7 Å². The molecule has 0 unspecified atom stereocenters. The standard InChI is InChI=1S/C19H16FNO5/c1-25-17(22)11-16(19(24)26-2)21-15-9-8-13(20)10-14(15)18(23)12-6-4-3-5-7-12/h3-11,21H,1-2H3/b16-11+. The van der Waals surface area contributed by atoms with Crippen LogP contribution in [0.5, 0.6) is 0 Å². The van der Waals surface area contributed by atoms with E-state index in [1.165, 1.54) is 6.07 Å². The first-order valence-corrected chi connectivity index (χ1v) is 7.50. The number of hydrogen-bond acceptors (Lipinski definition) is 6. The lowest BCUT2D eigenvalue weighted by atomic mass is 10.0. The second kappa shape index (κ2) is 8.57. The SMILES string of the molecule is COC(=O)/C=C(/Nc1ccc(F)cc1C(=O)c1ccccc1)C(=O)OC. The minimum Gasteiger partial charge on any atom is -0.466 e. The third kappa shape index (κ3) is 4.54. The van der Waals surface area contributed by atoms with Crippen molar-refractivity contribution in [1.29, 1.82) is 0 Å². The van der Waals surface area contributed by atoms with Crippen molar-refractivity contribution in [1.82, 2.24) is 0 Å². The molecule has 0 spiro atoms. The lowest BCUT2D eigenvalue weighted by Gasteiger charge is -2.13. The van der Waals surface area contributed by atoms with Gasteiger partial charge in [-0.15, -0.1) is 0 Å². The molecule has 2 rings (SSSR count). The van der Waals surface area contributed by atoms with Crippen molar-refractivity contribution in [3.63, 3.8) is 0 Å². The molecule has 0 aliphatic heterocycles. The third-order valence-electron chi connectivity index (χ3n) is 3.40. The smallest absolute Gasteiger partial charge is 0.354 e. The summed E-state index contributed by atoms with van der Waals surface area (Å²) in [5.74, 6) is -2.71. The number of rotatable bonds is 6. The van der Waals surface area contributed by atoms with Gasteiger partial charge in [0.15, 0.2) is 5.78 Å². The molecule has 0 saturated carbocycles. The molecule has 0 aliphatic rings. The van der Waals surface area contributed by atoms with E-state index in [1.807, 2.05) is 0 Å². The number of carbonyl (C=O) groups excluding carboxylic acids is 3. The lowest BCUT2D eigenvalue weighted by Crippen LogP contribution is -2.17. The fourth-order valence-corrected chi connectivity index (χ4v) is 2.14. The summed E-state index contributed by atoms with van der Waals surface area (Å²) in [5.41, 5.74) is 0.225. The molecule has 1 N–H and O–H groups in total. The Balaban J connectivity index is 2.46. The van der Waals surface area contributed by atoms with Gasteiger partial charge in [0.1, 0.15) is 11.5 Å². The van der Waals surface area contributed by atoms with Gasteiger partial charge in [0.25, 0.3) is 0 Å². The van der Waals surface area contributed by atoms with E-state index in [9.17, 15) is 18.8 Å². The normalized spacial score (nSPS) is 10.8. The van der Waals surface area contributed by atoms with Crippen LogP contribution < -0.4 is 5.32 Å². The number of anilines is 1. The second-order valence-electron chi connectivity index (χ2n) is 5.08. The van der Waals surface area contributed by atoms with E-state index in [0.29, 0.717) is 5.56 Å². The summed E-state index contributed by atoms with van der Waals surface area (Å²) in [6, 6.07) is 11.7. The van der Waals surface area contributed by atoms with Crippen LogP contribution in [0.15, 0.2) is 60.3 Å². The molecule has 2 aromatic rings. The molecule has 0 saturated heterocycles. The fraction of sp³-hybridized carbons (Fsp3) is 0.105. The van der Waals surface area contributed by atoms with E-state index in [4.69, 9.17) is 0 Å². The zero-order chi connectivity index (χ0) is 19.1. The average Bonchev–Trinajstić information content (AvgIpc) is 2.67. The number of methoxy groups -OCH3 is 2. The highest BCUT2D eigenvalue weighted by molar-refractivity contribution is 6.13. The van der Waals surface area contributed by atoms with Crippen LogP contribution in [0.3, 0.4) is 0 Å². The van der Waals surface area contributed by atoms with Crippen molar-refractivity contribution >= 4 is 23.4 Å². The van der Waals surface area contributed by atoms with Crippen molar-refractivity contribution in [3.8, 4) is 0 Å². The summed E-state index contributed by atoms with van der Waals surface area (Å²) in [6.45, 7) is 0. The van der Waals surface area contributed by atoms with Crippen LogP contribution in [0.1, 0.15) is 15.9 Å². The Bertz CT molecular complexity index is 861. The number of nitrogens with one attached hydrogen (secondary N) is 1. The lowest BCUT2D eigenvalue weighted by molar-refractivity contribution is -0.138. The zero-order valence-electron chi connectivity index (χ0n) is 14.1. The van der Waals surface area contributed by atoms with Crippen LogP contribution in [-0.2, 0) is 19.1 Å². The Morgan fingerprint density at radius 2 is 1.69 bits per heavy atom. The number of esters is 2. The number of ketones is 1. The predicted octanol–water partition coefficient (Wildman–Crippen LogP) is 2.70. The van der Waals surface area contributed by atoms with E-state index >= 15 is 0 Å². The summed E-state index contributed by atoms with van der Waals surface area (Å²) >= 11 is 0. The predicted molar refractivity (Wildman–Crippen MR) is 92.0 cm³/mol. The molecule has 0 fully saturated rings. The van der Waals surface area contributed by atoms with Crippen molar-refractivity contribution in [3.05, 3.63) is 77.2 Å². The van der Waals surface area contributed by atoms with Gasteiger partial charge in [-0.25, -0.2) is 14.0 Å². The van der Waals surface area contributed by atoms with E-state index in [-0.39, 0.29) is 16.9 Å². The number of benzene rings is 2. The first kappa shape index (κ1) is 18.9. The first-order chi connectivity index (χ1) is 12.5. The summed E-state index contributed by atoms with van der Waals surface area (Å²) in [6.07, 6.45) is 0.881. The first-order valence-electron chi connectivity index (χ1n) is 7.50. The van der Waals surface area contributed by atoms with E-state index < -0.39 is 23.5 Å². The molecule has 134 valence electrons. The number of ether oxygens (including phenoxy) is 2. The number of hydrogen-bond donors (Lipinski definition) is 1. The molecular weight excluding hydrogens is 341 g/mol. The van der Waals surface area contributed by atoms with Crippen molar-refractivity contribution in [2.24, 2.45) is 0 Å².